The van der Waals surface area contributed by atoms with Gasteiger partial charge in [-0.15, -0.1) is 11.3 Å². The van der Waals surface area contributed by atoms with Crippen LogP contribution in [0.3, 0.4) is 0 Å². The fourth-order valence-corrected chi connectivity index (χ4v) is 7.73. The lowest BCUT2D eigenvalue weighted by Gasteiger charge is -2.11. The van der Waals surface area contributed by atoms with Gasteiger partial charge in [-0.3, -0.25) is 0 Å². The zero-order valence-corrected chi connectivity index (χ0v) is 25.0. The fourth-order valence-electron chi connectivity index (χ4n) is 6.36. The largest absolute Gasteiger partial charge is 0.247 e. The zero-order chi connectivity index (χ0) is 29.7. The molecule has 0 saturated heterocycles. The summed E-state index contributed by atoms with van der Waals surface area (Å²) in [6.07, 6.45) is 0. The van der Waals surface area contributed by atoms with E-state index >= 15 is 0 Å². The summed E-state index contributed by atoms with van der Waals surface area (Å²) in [5, 5.41) is 6.02. The molecular weight excluding hydrogens is 567 g/mol. The minimum atomic E-state index is 0.730. The van der Waals surface area contributed by atoms with Gasteiger partial charge in [0.05, 0.1) is 22.6 Å². The molecule has 0 unspecified atom stereocenters. The van der Waals surface area contributed by atoms with E-state index < -0.39 is 0 Å². The number of hydrogen-bond acceptors (Lipinski definition) is 4. The van der Waals surface area contributed by atoms with Crippen molar-refractivity contribution in [3.05, 3.63) is 152 Å². The van der Waals surface area contributed by atoms with E-state index in [0.29, 0.717) is 0 Å². The molecule has 0 bridgehead atoms. The van der Waals surface area contributed by atoms with Crippen LogP contribution in [0.15, 0.2) is 152 Å². The lowest BCUT2D eigenvalue weighted by atomic mass is 9.98. The molecule has 0 spiro atoms. The summed E-state index contributed by atoms with van der Waals surface area (Å²) in [5.74, 6) is 0.730. The highest BCUT2D eigenvalue weighted by Gasteiger charge is 2.19. The van der Waals surface area contributed by atoms with Crippen LogP contribution in [0.2, 0.25) is 0 Å². The fraction of sp³-hybridized carbons (Fsp3) is 0. The predicted molar refractivity (Wildman–Crippen MR) is 189 cm³/mol. The molecule has 0 N–H and O–H groups in total. The maximum absolute atomic E-state index is 5.17. The van der Waals surface area contributed by atoms with Crippen molar-refractivity contribution in [2.45, 2.75) is 0 Å². The molecule has 0 aliphatic heterocycles. The van der Waals surface area contributed by atoms with Crippen LogP contribution in [-0.2, 0) is 0 Å². The summed E-state index contributed by atoms with van der Waals surface area (Å²) in [4.78, 5) is 15.5. The molecular formula is C41H25N3S. The van der Waals surface area contributed by atoms with Gasteiger partial charge in [-0.1, -0.05) is 133 Å². The number of para-hydroxylation sites is 1. The van der Waals surface area contributed by atoms with Crippen LogP contribution in [0.5, 0.6) is 0 Å². The van der Waals surface area contributed by atoms with Gasteiger partial charge < -0.3 is 0 Å². The summed E-state index contributed by atoms with van der Waals surface area (Å²) in [5.41, 5.74) is 8.13. The van der Waals surface area contributed by atoms with Crippen molar-refractivity contribution in [3.63, 3.8) is 0 Å². The Morgan fingerprint density at radius 3 is 1.64 bits per heavy atom. The second-order valence-corrected chi connectivity index (χ2v) is 12.2. The minimum absolute atomic E-state index is 0.730. The monoisotopic (exact) mass is 591 g/mol. The maximum Gasteiger partial charge on any atom is 0.161 e. The molecule has 3 nitrogen and oxygen atoms in total. The lowest BCUT2D eigenvalue weighted by molar-refractivity contribution is 1.19. The van der Waals surface area contributed by atoms with Gasteiger partial charge >= 0.3 is 0 Å². The summed E-state index contributed by atoms with van der Waals surface area (Å²) >= 11 is 1.83. The first kappa shape index (κ1) is 25.8. The number of nitrogens with zero attached hydrogens (tertiary/aromatic N) is 3. The molecule has 6 aromatic carbocycles. The molecule has 0 fully saturated rings. The molecule has 0 saturated carbocycles. The Morgan fingerprint density at radius 1 is 0.400 bits per heavy atom. The molecule has 0 radical (unpaired) electrons. The normalized spacial score (nSPS) is 11.6. The van der Waals surface area contributed by atoms with Crippen molar-refractivity contribution >= 4 is 53.2 Å². The van der Waals surface area contributed by atoms with E-state index in [2.05, 4.69) is 140 Å². The molecule has 9 rings (SSSR count). The molecule has 0 amide bonds. The van der Waals surface area contributed by atoms with Gasteiger partial charge in [0.1, 0.15) is 0 Å². The van der Waals surface area contributed by atoms with Crippen LogP contribution < -0.4 is 0 Å². The first-order valence-electron chi connectivity index (χ1n) is 15.0. The molecule has 9 aromatic rings. The van der Waals surface area contributed by atoms with Crippen LogP contribution in [0.4, 0.5) is 0 Å². The van der Waals surface area contributed by atoms with Crippen molar-refractivity contribution in [1.29, 1.82) is 0 Å². The third-order valence-corrected chi connectivity index (χ3v) is 9.75. The van der Waals surface area contributed by atoms with E-state index in [9.17, 15) is 0 Å². The average molecular weight is 592 g/mol. The molecule has 3 heterocycles. The number of aromatic nitrogens is 3. The smallest absolute Gasteiger partial charge is 0.161 e. The summed E-state index contributed by atoms with van der Waals surface area (Å²) in [6, 6.07) is 52.8. The third kappa shape index (κ3) is 4.30. The number of fused-ring (bicyclic) bond motifs is 7. The molecule has 210 valence electrons. The van der Waals surface area contributed by atoms with Crippen LogP contribution >= 0.6 is 11.3 Å². The lowest BCUT2D eigenvalue weighted by Crippen LogP contribution is -1.96. The Hall–Kier alpha value is -5.71. The predicted octanol–water partition coefficient (Wildman–Crippen LogP) is 11.2. The van der Waals surface area contributed by atoms with Crippen LogP contribution in [0.1, 0.15) is 0 Å². The van der Waals surface area contributed by atoms with E-state index in [4.69, 9.17) is 15.0 Å². The van der Waals surface area contributed by atoms with E-state index in [1.54, 1.807) is 0 Å². The Morgan fingerprint density at radius 2 is 0.956 bits per heavy atom. The molecule has 45 heavy (non-hydrogen) atoms. The number of thiophene rings is 1. The Kier molecular flexibility index (Phi) is 6.00. The van der Waals surface area contributed by atoms with Gasteiger partial charge in [-0.2, -0.15) is 0 Å². The van der Waals surface area contributed by atoms with Gasteiger partial charge in [0.2, 0.25) is 0 Å². The molecule has 4 heteroatoms. The van der Waals surface area contributed by atoms with E-state index in [1.807, 2.05) is 23.5 Å². The van der Waals surface area contributed by atoms with Crippen LogP contribution in [0.25, 0.3) is 87.0 Å². The molecule has 0 aliphatic rings. The Balaban J connectivity index is 1.35. The topological polar surface area (TPSA) is 38.7 Å². The van der Waals surface area contributed by atoms with Gasteiger partial charge in [0.15, 0.2) is 5.82 Å². The highest BCUT2D eigenvalue weighted by molar-refractivity contribution is 7.27. The molecule has 0 aliphatic carbocycles. The van der Waals surface area contributed by atoms with Crippen molar-refractivity contribution in [3.8, 4) is 45.2 Å². The quantitative estimate of drug-likeness (QED) is 0.191. The van der Waals surface area contributed by atoms with Crippen molar-refractivity contribution in [2.75, 3.05) is 0 Å². The minimum Gasteiger partial charge on any atom is -0.247 e. The summed E-state index contributed by atoms with van der Waals surface area (Å²) in [7, 11) is 0. The zero-order valence-electron chi connectivity index (χ0n) is 24.2. The first-order valence-corrected chi connectivity index (χ1v) is 15.9. The van der Waals surface area contributed by atoms with E-state index in [1.165, 1.54) is 30.9 Å². The van der Waals surface area contributed by atoms with Crippen molar-refractivity contribution < 1.29 is 0 Å². The third-order valence-electron chi connectivity index (χ3n) is 8.48. The van der Waals surface area contributed by atoms with E-state index in [-0.39, 0.29) is 0 Å². The number of hydrogen-bond donors (Lipinski definition) is 0. The van der Waals surface area contributed by atoms with Gasteiger partial charge in [0, 0.05) is 58.6 Å². The highest BCUT2D eigenvalue weighted by Crippen LogP contribution is 2.45. The maximum atomic E-state index is 5.17. The van der Waals surface area contributed by atoms with Crippen LogP contribution in [-0.4, -0.2) is 15.0 Å². The van der Waals surface area contributed by atoms with Crippen molar-refractivity contribution in [1.82, 2.24) is 15.0 Å². The molecule has 0 atom stereocenters. The Bertz CT molecular complexity index is 2460. The summed E-state index contributed by atoms with van der Waals surface area (Å²) < 4.78 is 2.44. The number of pyridine rings is 1. The summed E-state index contributed by atoms with van der Waals surface area (Å²) in [6.45, 7) is 0. The number of benzene rings is 6. The SMILES string of the molecule is c1ccc(-c2cc(-c3ccccc3)nc(-c3cccc4c3sc3c4ccc4c(-c5ccccc5)nc5ccccc5c43)n2)cc1. The van der Waals surface area contributed by atoms with Gasteiger partial charge in [0.25, 0.3) is 0 Å². The van der Waals surface area contributed by atoms with Crippen molar-refractivity contribution in [2.24, 2.45) is 0 Å². The molecule has 3 aromatic heterocycles. The second kappa shape index (κ2) is 10.5. The Labute approximate surface area is 264 Å². The standard InChI is InChI=1S/C41H25N3S/c1-4-13-26(14-5-1)35-25-36(27-15-6-2-7-16-27)44-41(43-35)33-21-12-20-29-30-23-24-32-37(40(30)45-39(29)33)31-19-10-11-22-34(31)42-38(32)28-17-8-3-9-18-28/h1-25H. The van der Waals surface area contributed by atoms with E-state index in [0.717, 1.165) is 56.1 Å². The highest BCUT2D eigenvalue weighted by atomic mass is 32.1. The van der Waals surface area contributed by atoms with Gasteiger partial charge in [-0.25, -0.2) is 15.0 Å². The van der Waals surface area contributed by atoms with Gasteiger partial charge in [-0.05, 0) is 18.2 Å². The average Bonchev–Trinajstić information content (AvgIpc) is 3.51. The first-order chi connectivity index (χ1) is 22.3. The number of rotatable bonds is 4. The van der Waals surface area contributed by atoms with Crippen LogP contribution in [0, 0.1) is 0 Å². The second-order valence-electron chi connectivity index (χ2n) is 11.2.